The van der Waals surface area contributed by atoms with E-state index in [0.717, 1.165) is 17.5 Å². The molecule has 3 aliphatic rings. The van der Waals surface area contributed by atoms with Gasteiger partial charge in [-0.1, -0.05) is 81.4 Å². The summed E-state index contributed by atoms with van der Waals surface area (Å²) < 4.78 is 1.22. The van der Waals surface area contributed by atoms with Crippen molar-refractivity contribution in [2.75, 3.05) is 5.32 Å². The van der Waals surface area contributed by atoms with Gasteiger partial charge in [0.15, 0.2) is 0 Å². The summed E-state index contributed by atoms with van der Waals surface area (Å²) in [5, 5.41) is 10.9. The van der Waals surface area contributed by atoms with Crippen molar-refractivity contribution in [1.29, 1.82) is 0 Å². The summed E-state index contributed by atoms with van der Waals surface area (Å²) >= 11 is 0. The van der Waals surface area contributed by atoms with Crippen molar-refractivity contribution in [1.82, 2.24) is 15.1 Å². The second kappa shape index (κ2) is 10.9. The maximum atomic E-state index is 13.5. The van der Waals surface area contributed by atoms with E-state index >= 15 is 0 Å². The summed E-state index contributed by atoms with van der Waals surface area (Å²) in [6.07, 6.45) is 5.68. The number of hydrogen-bond acceptors (Lipinski definition) is 5. The molecule has 1 amide bonds. The van der Waals surface area contributed by atoms with Crippen molar-refractivity contribution >= 4 is 17.8 Å². The molecule has 0 aliphatic heterocycles. The second-order valence-electron chi connectivity index (χ2n) is 11.4. The molecule has 3 fully saturated rings. The molecule has 3 aliphatic carbocycles. The van der Waals surface area contributed by atoms with E-state index in [1.807, 2.05) is 60.7 Å². The Labute approximate surface area is 224 Å². The van der Waals surface area contributed by atoms with Gasteiger partial charge in [-0.3, -0.25) is 14.6 Å². The van der Waals surface area contributed by atoms with Gasteiger partial charge < -0.3 is 10.6 Å². The molecular formula is C31H37N5O2. The molecule has 3 saturated carbocycles. The zero-order valence-electron chi connectivity index (χ0n) is 22.4. The molecule has 2 aromatic carbocycles. The third kappa shape index (κ3) is 5.42. The Morgan fingerprint density at radius 1 is 1.08 bits per heavy atom. The Morgan fingerprint density at radius 3 is 2.42 bits per heavy atom. The van der Waals surface area contributed by atoms with E-state index in [4.69, 9.17) is 0 Å². The molecule has 2 bridgehead atoms. The lowest BCUT2D eigenvalue weighted by atomic mass is 9.45. The average Bonchev–Trinajstić information content (AvgIpc) is 2.92. The number of nitrogens with zero attached hydrogens (tertiary/aromatic N) is 3. The number of benzene rings is 2. The first-order valence-corrected chi connectivity index (χ1v) is 13.5. The number of aromatic nitrogens is 2. The highest BCUT2D eigenvalue weighted by Gasteiger charge is 2.56. The number of aliphatic imine (C=N–C) groups is 1. The summed E-state index contributed by atoms with van der Waals surface area (Å²) in [6, 6.07) is 19.9. The number of carbonyl (C=O) groups is 1. The van der Waals surface area contributed by atoms with Gasteiger partial charge in [-0.25, -0.2) is 4.68 Å². The minimum absolute atomic E-state index is 0.149. The van der Waals surface area contributed by atoms with Crippen LogP contribution in [0.25, 0.3) is 0 Å². The lowest BCUT2D eigenvalue weighted by molar-refractivity contribution is -0.122. The Kier molecular flexibility index (Phi) is 7.45. The molecule has 38 heavy (non-hydrogen) atoms. The first kappa shape index (κ1) is 25.9. The fourth-order valence-electron chi connectivity index (χ4n) is 6.21. The molecular weight excluding hydrogens is 474 g/mol. The maximum absolute atomic E-state index is 13.5. The Bertz CT molecular complexity index is 1350. The van der Waals surface area contributed by atoms with Crippen LogP contribution in [0, 0.1) is 23.2 Å². The van der Waals surface area contributed by atoms with Crippen molar-refractivity contribution in [3.8, 4) is 0 Å². The first-order chi connectivity index (χ1) is 18.3. The van der Waals surface area contributed by atoms with E-state index < -0.39 is 0 Å². The summed E-state index contributed by atoms with van der Waals surface area (Å²) in [4.78, 5) is 30.7. The minimum Gasteiger partial charge on any atom is -0.380 e. The third-order valence-electron chi connectivity index (χ3n) is 8.74. The number of rotatable bonds is 9. The van der Waals surface area contributed by atoms with Crippen molar-refractivity contribution in [2.24, 2.45) is 28.2 Å². The number of nitrogens with one attached hydrogen (secondary N) is 2. The molecule has 198 valence electrons. The number of hydrogen-bond donors (Lipinski definition) is 2. The van der Waals surface area contributed by atoms with Crippen LogP contribution in [0.2, 0.25) is 0 Å². The molecule has 2 N–H and O–H groups in total. The zero-order chi connectivity index (χ0) is 26.7. The Balaban J connectivity index is 1.35. The summed E-state index contributed by atoms with van der Waals surface area (Å²) in [5.41, 5.74) is 3.25. The molecule has 0 saturated heterocycles. The van der Waals surface area contributed by atoms with Crippen LogP contribution < -0.4 is 16.2 Å². The molecule has 0 unspecified atom stereocenters. The van der Waals surface area contributed by atoms with Gasteiger partial charge in [-0.15, -0.1) is 0 Å². The minimum atomic E-state index is -0.323. The van der Waals surface area contributed by atoms with Gasteiger partial charge in [0.1, 0.15) is 6.54 Å². The van der Waals surface area contributed by atoms with Crippen LogP contribution in [-0.4, -0.2) is 27.9 Å². The monoisotopic (exact) mass is 511 g/mol. The van der Waals surface area contributed by atoms with Gasteiger partial charge in [-0.2, -0.15) is 5.10 Å². The lowest BCUT2D eigenvalue weighted by Gasteiger charge is -2.62. The van der Waals surface area contributed by atoms with Gasteiger partial charge in [0.25, 0.3) is 5.56 Å². The topological polar surface area (TPSA) is 88.4 Å². The van der Waals surface area contributed by atoms with Crippen LogP contribution in [0.15, 0.2) is 76.6 Å². The smallest absolute Gasteiger partial charge is 0.278 e. The van der Waals surface area contributed by atoms with Gasteiger partial charge in [0, 0.05) is 18.8 Å². The molecule has 0 spiro atoms. The highest BCUT2D eigenvalue weighted by atomic mass is 16.2. The van der Waals surface area contributed by atoms with E-state index in [1.165, 1.54) is 11.1 Å². The Hall–Kier alpha value is -3.74. The molecule has 1 heterocycles. The quantitative estimate of drug-likeness (QED) is 0.409. The van der Waals surface area contributed by atoms with Crippen molar-refractivity contribution in [2.45, 2.75) is 59.3 Å². The summed E-state index contributed by atoms with van der Waals surface area (Å²) in [6.45, 7) is 7.80. The van der Waals surface area contributed by atoms with Gasteiger partial charge >= 0.3 is 0 Å². The van der Waals surface area contributed by atoms with Crippen LogP contribution in [0.3, 0.4) is 0 Å². The fraction of sp³-hybridized carbons (Fsp3) is 0.419. The third-order valence-corrected chi connectivity index (χ3v) is 8.74. The maximum Gasteiger partial charge on any atom is 0.278 e. The molecule has 4 atom stereocenters. The fourth-order valence-corrected chi connectivity index (χ4v) is 6.21. The van der Waals surface area contributed by atoms with E-state index in [1.54, 1.807) is 12.4 Å². The zero-order valence-corrected chi connectivity index (χ0v) is 22.4. The van der Waals surface area contributed by atoms with Gasteiger partial charge in [0.05, 0.1) is 24.0 Å². The average molecular weight is 512 g/mol. The summed E-state index contributed by atoms with van der Waals surface area (Å²) in [7, 11) is 0. The van der Waals surface area contributed by atoms with Crippen LogP contribution in [0.1, 0.15) is 50.3 Å². The number of fused-ring (bicyclic) bond motifs is 2. The highest BCUT2D eigenvalue weighted by molar-refractivity contribution is 5.87. The molecule has 7 nitrogen and oxygen atoms in total. The van der Waals surface area contributed by atoms with Crippen molar-refractivity contribution in [3.05, 3.63) is 93.9 Å². The van der Waals surface area contributed by atoms with Gasteiger partial charge in [0.2, 0.25) is 5.91 Å². The number of amides is 1. The molecule has 1 aromatic heterocycles. The number of anilines is 1. The largest absolute Gasteiger partial charge is 0.380 e. The first-order valence-electron chi connectivity index (χ1n) is 13.5. The Morgan fingerprint density at radius 2 is 1.76 bits per heavy atom. The molecule has 6 rings (SSSR count). The van der Waals surface area contributed by atoms with Crippen LogP contribution >= 0.6 is 0 Å². The van der Waals surface area contributed by atoms with Crippen LogP contribution in [0.4, 0.5) is 5.69 Å². The second-order valence-corrected chi connectivity index (χ2v) is 11.4. The standard InChI is InChI=1S/C31H37N5O2/c1-21-26-14-24(31(26,2)3)15-27(21)35-28-19-34-36(20-29(37)33-17-23-12-8-5-9-13-23)30(38)25(28)18-32-16-22-10-6-4-7-11-22/h4-13,18-19,21,24,26-27,35H,14-17,20H2,1-3H3,(H,33,37)/t21-,24+,26-,27-/m1/s1. The van der Waals surface area contributed by atoms with E-state index in [2.05, 4.69) is 41.5 Å². The SMILES string of the molecule is C[C@@H]1[C@H]2C[C@@H](C[C@H]1Nc1cnn(CC(=O)NCc3ccccc3)c(=O)c1C=NCc1ccccc1)C2(C)C. The lowest BCUT2D eigenvalue weighted by Crippen LogP contribution is -2.58. The summed E-state index contributed by atoms with van der Waals surface area (Å²) in [5.74, 6) is 1.60. The van der Waals surface area contributed by atoms with E-state index in [-0.39, 0.29) is 24.1 Å². The van der Waals surface area contributed by atoms with Crippen LogP contribution in [-0.2, 0) is 24.4 Å². The number of carbonyl (C=O) groups excluding carboxylic acids is 1. The van der Waals surface area contributed by atoms with E-state index in [9.17, 15) is 9.59 Å². The normalized spacial score (nSPS) is 23.6. The molecule has 0 radical (unpaired) electrons. The van der Waals surface area contributed by atoms with Crippen molar-refractivity contribution < 1.29 is 4.79 Å². The van der Waals surface area contributed by atoms with E-state index in [0.29, 0.717) is 47.5 Å². The molecule has 3 aromatic rings. The molecule has 7 heteroatoms. The predicted octanol–water partition coefficient (Wildman–Crippen LogP) is 4.66. The van der Waals surface area contributed by atoms with Crippen LogP contribution in [0.5, 0.6) is 0 Å². The van der Waals surface area contributed by atoms with Gasteiger partial charge in [-0.05, 0) is 47.1 Å². The van der Waals surface area contributed by atoms with Crippen molar-refractivity contribution in [3.63, 3.8) is 0 Å². The predicted molar refractivity (Wildman–Crippen MR) is 151 cm³/mol. The highest BCUT2D eigenvalue weighted by Crippen LogP contribution is 2.61.